The number of hydrogen-bond donors (Lipinski definition) is 1. The first-order chi connectivity index (χ1) is 12.7. The van der Waals surface area contributed by atoms with E-state index in [2.05, 4.69) is 11.4 Å². The number of allylic oxidation sites excluding steroid dienone is 1. The average Bonchev–Trinajstić information content (AvgIpc) is 2.95. The highest BCUT2D eigenvalue weighted by atomic mass is 16.2. The summed E-state index contributed by atoms with van der Waals surface area (Å²) in [5.41, 5.74) is 3.09. The molecule has 1 aliphatic carbocycles. The predicted molar refractivity (Wildman–Crippen MR) is 104 cm³/mol. The molecule has 1 heterocycles. The van der Waals surface area contributed by atoms with Crippen LogP contribution in [0.5, 0.6) is 0 Å². The SMILES string of the molecule is O=C(CCCN1C(=O)c2cccc3cccc1c23)NCC1=CCCCC1. The highest BCUT2D eigenvalue weighted by Gasteiger charge is 2.28. The summed E-state index contributed by atoms with van der Waals surface area (Å²) in [6, 6.07) is 11.9. The maximum atomic E-state index is 12.7. The number of carbonyl (C=O) groups excluding carboxylic acids is 2. The zero-order valence-corrected chi connectivity index (χ0v) is 15.0. The molecule has 0 bridgehead atoms. The second kappa shape index (κ2) is 7.32. The average molecular weight is 348 g/mol. The summed E-state index contributed by atoms with van der Waals surface area (Å²) in [7, 11) is 0. The topological polar surface area (TPSA) is 49.4 Å². The standard InChI is InChI=1S/C22H24N2O2/c25-20(23-15-16-7-2-1-3-8-16)13-6-14-24-19-12-5-10-17-9-4-11-18(21(17)19)22(24)26/h4-5,7,9-12H,1-3,6,8,13-15H2,(H,23,25). The zero-order valence-electron chi connectivity index (χ0n) is 15.0. The van der Waals surface area contributed by atoms with Gasteiger partial charge in [-0.2, -0.15) is 0 Å². The van der Waals surface area contributed by atoms with Crippen LogP contribution in [0, 0.1) is 0 Å². The smallest absolute Gasteiger partial charge is 0.258 e. The minimum Gasteiger partial charge on any atom is -0.352 e. The van der Waals surface area contributed by atoms with Crippen molar-refractivity contribution in [2.45, 2.75) is 38.5 Å². The first kappa shape index (κ1) is 16.8. The number of hydrogen-bond acceptors (Lipinski definition) is 2. The molecule has 1 aliphatic heterocycles. The van der Waals surface area contributed by atoms with Gasteiger partial charge in [-0.1, -0.05) is 35.9 Å². The van der Waals surface area contributed by atoms with Crippen molar-refractivity contribution in [3.05, 3.63) is 53.6 Å². The van der Waals surface area contributed by atoms with E-state index in [-0.39, 0.29) is 11.8 Å². The lowest BCUT2D eigenvalue weighted by Crippen LogP contribution is -2.30. The summed E-state index contributed by atoms with van der Waals surface area (Å²) in [5, 5.41) is 5.14. The fraction of sp³-hybridized carbons (Fsp3) is 0.364. The van der Waals surface area contributed by atoms with Crippen LogP contribution in [0.2, 0.25) is 0 Å². The van der Waals surface area contributed by atoms with Gasteiger partial charge in [-0.15, -0.1) is 0 Å². The van der Waals surface area contributed by atoms with Gasteiger partial charge in [-0.3, -0.25) is 9.59 Å². The van der Waals surface area contributed by atoms with Gasteiger partial charge in [0.25, 0.3) is 5.91 Å². The van der Waals surface area contributed by atoms with Crippen LogP contribution >= 0.6 is 0 Å². The van der Waals surface area contributed by atoms with Crippen molar-refractivity contribution in [1.29, 1.82) is 0 Å². The number of rotatable bonds is 6. The highest BCUT2D eigenvalue weighted by Crippen LogP contribution is 2.37. The molecule has 2 aromatic rings. The Hall–Kier alpha value is -2.62. The van der Waals surface area contributed by atoms with Crippen molar-refractivity contribution < 1.29 is 9.59 Å². The van der Waals surface area contributed by atoms with Gasteiger partial charge >= 0.3 is 0 Å². The van der Waals surface area contributed by atoms with Crippen molar-refractivity contribution in [2.24, 2.45) is 0 Å². The minimum absolute atomic E-state index is 0.0459. The normalized spacial score (nSPS) is 16.1. The van der Waals surface area contributed by atoms with E-state index < -0.39 is 0 Å². The summed E-state index contributed by atoms with van der Waals surface area (Å²) >= 11 is 0. The van der Waals surface area contributed by atoms with E-state index in [0.717, 1.165) is 34.9 Å². The van der Waals surface area contributed by atoms with Gasteiger partial charge in [-0.25, -0.2) is 0 Å². The van der Waals surface area contributed by atoms with Crippen LogP contribution in [0.25, 0.3) is 10.8 Å². The number of nitrogens with zero attached hydrogens (tertiary/aromatic N) is 1. The molecule has 4 rings (SSSR count). The summed E-state index contributed by atoms with van der Waals surface area (Å²) in [6.07, 6.45) is 8.09. The Morgan fingerprint density at radius 3 is 2.77 bits per heavy atom. The molecular formula is C22H24N2O2. The summed E-state index contributed by atoms with van der Waals surface area (Å²) in [5.74, 6) is 0.114. The predicted octanol–water partition coefficient (Wildman–Crippen LogP) is 4.20. The first-order valence-electron chi connectivity index (χ1n) is 9.52. The van der Waals surface area contributed by atoms with E-state index in [9.17, 15) is 9.59 Å². The molecule has 4 nitrogen and oxygen atoms in total. The molecule has 26 heavy (non-hydrogen) atoms. The van der Waals surface area contributed by atoms with E-state index in [4.69, 9.17) is 0 Å². The molecule has 2 aromatic carbocycles. The Labute approximate surface area is 153 Å². The molecule has 0 fully saturated rings. The quantitative estimate of drug-likeness (QED) is 0.796. The third-order valence-corrected chi connectivity index (χ3v) is 5.33. The second-order valence-corrected chi connectivity index (χ2v) is 7.13. The molecule has 1 N–H and O–H groups in total. The van der Waals surface area contributed by atoms with Crippen LogP contribution in [-0.4, -0.2) is 24.9 Å². The van der Waals surface area contributed by atoms with Gasteiger partial charge in [0.05, 0.1) is 5.69 Å². The molecule has 0 aromatic heterocycles. The van der Waals surface area contributed by atoms with E-state index in [1.807, 2.05) is 41.3 Å². The molecule has 0 saturated heterocycles. The van der Waals surface area contributed by atoms with E-state index in [0.29, 0.717) is 25.9 Å². The van der Waals surface area contributed by atoms with Crippen molar-refractivity contribution >= 4 is 28.3 Å². The summed E-state index contributed by atoms with van der Waals surface area (Å²) in [6.45, 7) is 1.25. The number of nitrogens with one attached hydrogen (secondary N) is 1. The molecule has 0 unspecified atom stereocenters. The Kier molecular flexibility index (Phi) is 4.74. The van der Waals surface area contributed by atoms with Crippen molar-refractivity contribution in [3.8, 4) is 0 Å². The van der Waals surface area contributed by atoms with E-state index >= 15 is 0 Å². The van der Waals surface area contributed by atoms with E-state index in [1.54, 1.807) is 0 Å². The number of amides is 2. The number of benzene rings is 2. The Balaban J connectivity index is 1.33. The van der Waals surface area contributed by atoms with Gasteiger partial charge < -0.3 is 10.2 Å². The van der Waals surface area contributed by atoms with Gasteiger partial charge in [0, 0.05) is 30.5 Å². The second-order valence-electron chi connectivity index (χ2n) is 7.13. The molecule has 0 radical (unpaired) electrons. The van der Waals surface area contributed by atoms with Gasteiger partial charge in [0.2, 0.25) is 5.91 Å². The van der Waals surface area contributed by atoms with Crippen LogP contribution in [-0.2, 0) is 4.79 Å². The third kappa shape index (κ3) is 3.24. The molecule has 0 atom stereocenters. The van der Waals surface area contributed by atoms with Crippen LogP contribution in [0.15, 0.2) is 48.0 Å². The molecule has 4 heteroatoms. The lowest BCUT2D eigenvalue weighted by Gasteiger charge is -2.18. The molecule has 2 amide bonds. The van der Waals surface area contributed by atoms with Gasteiger partial charge in [0.15, 0.2) is 0 Å². The molecule has 0 saturated carbocycles. The van der Waals surface area contributed by atoms with Crippen molar-refractivity contribution in [2.75, 3.05) is 18.0 Å². The maximum absolute atomic E-state index is 12.7. The number of anilines is 1. The Morgan fingerprint density at radius 2 is 1.96 bits per heavy atom. The summed E-state index contributed by atoms with van der Waals surface area (Å²) < 4.78 is 0. The fourth-order valence-electron chi connectivity index (χ4n) is 3.96. The highest BCUT2D eigenvalue weighted by molar-refractivity contribution is 6.25. The lowest BCUT2D eigenvalue weighted by atomic mass is 10.00. The van der Waals surface area contributed by atoms with E-state index in [1.165, 1.54) is 18.4 Å². The Morgan fingerprint density at radius 1 is 1.12 bits per heavy atom. The van der Waals surface area contributed by atoms with Crippen LogP contribution < -0.4 is 10.2 Å². The molecule has 0 spiro atoms. The number of carbonyl (C=O) groups is 2. The Bertz CT molecular complexity index is 880. The van der Waals surface area contributed by atoms with Crippen LogP contribution in [0.1, 0.15) is 48.9 Å². The van der Waals surface area contributed by atoms with Crippen molar-refractivity contribution in [3.63, 3.8) is 0 Å². The van der Waals surface area contributed by atoms with Crippen LogP contribution in [0.4, 0.5) is 5.69 Å². The lowest BCUT2D eigenvalue weighted by molar-refractivity contribution is -0.121. The first-order valence-corrected chi connectivity index (χ1v) is 9.52. The summed E-state index contributed by atoms with van der Waals surface area (Å²) in [4.78, 5) is 26.6. The van der Waals surface area contributed by atoms with Gasteiger partial charge in [0.1, 0.15) is 0 Å². The zero-order chi connectivity index (χ0) is 17.9. The van der Waals surface area contributed by atoms with Crippen molar-refractivity contribution in [1.82, 2.24) is 5.32 Å². The molecule has 2 aliphatic rings. The molecular weight excluding hydrogens is 324 g/mol. The monoisotopic (exact) mass is 348 g/mol. The fourth-order valence-corrected chi connectivity index (χ4v) is 3.96. The third-order valence-electron chi connectivity index (χ3n) is 5.33. The maximum Gasteiger partial charge on any atom is 0.258 e. The minimum atomic E-state index is 0.0459. The van der Waals surface area contributed by atoms with Gasteiger partial charge in [-0.05, 0) is 49.6 Å². The molecule has 134 valence electrons. The largest absolute Gasteiger partial charge is 0.352 e. The van der Waals surface area contributed by atoms with Crippen LogP contribution in [0.3, 0.4) is 0 Å².